The molecule has 0 saturated heterocycles. The molecule has 0 unspecified atom stereocenters. The summed E-state index contributed by atoms with van der Waals surface area (Å²) in [5.41, 5.74) is 8.61. The Morgan fingerprint density at radius 1 is 1.21 bits per heavy atom. The summed E-state index contributed by atoms with van der Waals surface area (Å²) in [6.07, 6.45) is 0.651. The van der Waals surface area contributed by atoms with E-state index < -0.39 is 15.9 Å². The number of benzene rings is 1. The van der Waals surface area contributed by atoms with Crippen molar-refractivity contribution in [1.82, 2.24) is 10.2 Å². The maximum Gasteiger partial charge on any atom is 0.335 e. The van der Waals surface area contributed by atoms with Gasteiger partial charge in [-0.05, 0) is 37.3 Å². The number of halogens is 1. The SMILES string of the molecule is Cc1ccc(C)c(CS(=O)(=O)c2nnc([C@@H](N)CC(C)C)o2)c1.Cl. The standard InChI is InChI=1S/C16H23N3O3S.ClH/c1-10(2)7-14(17)15-18-19-16(22-15)23(20,21)9-13-8-11(3)5-6-12(13)4;/h5-6,8,10,14H,7,9,17H2,1-4H3;1H/t14-;/m0./s1. The second kappa shape index (κ2) is 8.09. The molecular weight excluding hydrogens is 350 g/mol. The second-order valence-electron chi connectivity index (χ2n) is 6.33. The molecule has 0 fully saturated rings. The summed E-state index contributed by atoms with van der Waals surface area (Å²) in [7, 11) is -3.69. The van der Waals surface area contributed by atoms with Crippen LogP contribution in [0.3, 0.4) is 0 Å². The highest BCUT2D eigenvalue weighted by molar-refractivity contribution is 7.90. The van der Waals surface area contributed by atoms with Crippen molar-refractivity contribution in [2.75, 3.05) is 0 Å². The van der Waals surface area contributed by atoms with E-state index in [1.165, 1.54) is 0 Å². The van der Waals surface area contributed by atoms with Crippen LogP contribution in [0.5, 0.6) is 0 Å². The zero-order chi connectivity index (χ0) is 17.2. The average Bonchev–Trinajstić information content (AvgIpc) is 2.92. The normalized spacial score (nSPS) is 12.9. The predicted octanol–water partition coefficient (Wildman–Crippen LogP) is 3.13. The highest BCUT2D eigenvalue weighted by atomic mass is 35.5. The van der Waals surface area contributed by atoms with Gasteiger partial charge in [0.1, 0.15) is 0 Å². The van der Waals surface area contributed by atoms with E-state index in [4.69, 9.17) is 10.2 Å². The van der Waals surface area contributed by atoms with Crippen molar-refractivity contribution in [1.29, 1.82) is 0 Å². The number of nitrogens with zero attached hydrogens (tertiary/aromatic N) is 2. The van der Waals surface area contributed by atoms with Gasteiger partial charge in [0, 0.05) is 0 Å². The smallest absolute Gasteiger partial charge is 0.335 e. The minimum Gasteiger partial charge on any atom is -0.411 e. The molecule has 2 rings (SSSR count). The molecule has 0 saturated carbocycles. The molecular formula is C16H24ClN3O3S. The molecule has 8 heteroatoms. The molecule has 0 radical (unpaired) electrons. The predicted molar refractivity (Wildman–Crippen MR) is 94.7 cm³/mol. The molecule has 1 heterocycles. The van der Waals surface area contributed by atoms with Crippen molar-refractivity contribution in [3.63, 3.8) is 0 Å². The molecule has 1 atom stereocenters. The Morgan fingerprint density at radius 3 is 2.50 bits per heavy atom. The van der Waals surface area contributed by atoms with Gasteiger partial charge in [-0.3, -0.25) is 0 Å². The fraction of sp³-hybridized carbons (Fsp3) is 0.500. The lowest BCUT2D eigenvalue weighted by Gasteiger charge is -2.09. The zero-order valence-electron chi connectivity index (χ0n) is 14.3. The maximum atomic E-state index is 12.5. The first-order valence-electron chi connectivity index (χ1n) is 7.57. The number of aromatic nitrogens is 2. The van der Waals surface area contributed by atoms with Crippen molar-refractivity contribution in [2.45, 2.75) is 51.1 Å². The van der Waals surface area contributed by atoms with Crippen molar-refractivity contribution in [3.8, 4) is 0 Å². The Hall–Kier alpha value is -1.44. The quantitative estimate of drug-likeness (QED) is 0.835. The molecule has 0 aliphatic heterocycles. The largest absolute Gasteiger partial charge is 0.411 e. The van der Waals surface area contributed by atoms with E-state index in [1.54, 1.807) is 0 Å². The molecule has 0 aliphatic rings. The molecule has 24 heavy (non-hydrogen) atoms. The van der Waals surface area contributed by atoms with Gasteiger partial charge in [0.05, 0.1) is 11.8 Å². The van der Waals surface area contributed by atoms with Crippen LogP contribution >= 0.6 is 12.4 Å². The van der Waals surface area contributed by atoms with Crippen LogP contribution in [0.4, 0.5) is 0 Å². The topological polar surface area (TPSA) is 99.1 Å². The van der Waals surface area contributed by atoms with Crippen molar-refractivity contribution in [3.05, 3.63) is 40.8 Å². The van der Waals surface area contributed by atoms with Crippen molar-refractivity contribution < 1.29 is 12.8 Å². The Kier molecular flexibility index (Phi) is 6.95. The maximum absolute atomic E-state index is 12.5. The van der Waals surface area contributed by atoms with Crippen molar-refractivity contribution in [2.24, 2.45) is 11.7 Å². The third-order valence-corrected chi connectivity index (χ3v) is 4.97. The van der Waals surface area contributed by atoms with Crippen LogP contribution in [-0.4, -0.2) is 18.6 Å². The number of nitrogens with two attached hydrogens (primary N) is 1. The third kappa shape index (κ3) is 5.03. The summed E-state index contributed by atoms with van der Waals surface area (Å²) in [6, 6.07) is 5.25. The fourth-order valence-corrected chi connectivity index (χ4v) is 3.55. The van der Waals surface area contributed by atoms with Gasteiger partial charge in [0.25, 0.3) is 0 Å². The van der Waals surface area contributed by atoms with Crippen LogP contribution in [0.25, 0.3) is 0 Å². The second-order valence-corrected chi connectivity index (χ2v) is 8.20. The van der Waals surface area contributed by atoms with E-state index in [0.717, 1.165) is 16.7 Å². The van der Waals surface area contributed by atoms with E-state index in [0.29, 0.717) is 12.3 Å². The van der Waals surface area contributed by atoms with Gasteiger partial charge in [-0.15, -0.1) is 17.5 Å². The minimum absolute atomic E-state index is 0. The Balaban J connectivity index is 0.00000288. The van der Waals surface area contributed by atoms with Crippen LogP contribution in [-0.2, 0) is 15.6 Å². The van der Waals surface area contributed by atoms with Crippen molar-refractivity contribution >= 4 is 22.2 Å². The fourth-order valence-electron chi connectivity index (χ4n) is 2.33. The molecule has 6 nitrogen and oxygen atoms in total. The van der Waals surface area contributed by atoms with Crippen LogP contribution in [0.15, 0.2) is 27.8 Å². The van der Waals surface area contributed by atoms with E-state index >= 15 is 0 Å². The zero-order valence-corrected chi connectivity index (χ0v) is 15.9. The monoisotopic (exact) mass is 373 g/mol. The number of hydrogen-bond acceptors (Lipinski definition) is 6. The Bertz CT molecular complexity index is 788. The number of sulfone groups is 1. The number of hydrogen-bond donors (Lipinski definition) is 1. The average molecular weight is 374 g/mol. The van der Waals surface area contributed by atoms with Gasteiger partial charge in [0.15, 0.2) is 0 Å². The molecule has 0 amide bonds. The molecule has 1 aromatic carbocycles. The lowest BCUT2D eigenvalue weighted by atomic mass is 10.1. The number of aryl methyl sites for hydroxylation is 2. The highest BCUT2D eigenvalue weighted by Gasteiger charge is 2.25. The van der Waals surface area contributed by atoms with Crippen LogP contribution in [0, 0.1) is 19.8 Å². The molecule has 0 bridgehead atoms. The first-order valence-corrected chi connectivity index (χ1v) is 9.22. The summed E-state index contributed by atoms with van der Waals surface area (Å²) in [5.74, 6) is 0.354. The Labute approximate surface area is 149 Å². The number of rotatable bonds is 6. The minimum atomic E-state index is -3.69. The highest BCUT2D eigenvalue weighted by Crippen LogP contribution is 2.22. The van der Waals surface area contributed by atoms with E-state index in [2.05, 4.69) is 10.2 Å². The van der Waals surface area contributed by atoms with Gasteiger partial charge in [0.2, 0.25) is 15.7 Å². The summed E-state index contributed by atoms with van der Waals surface area (Å²) >= 11 is 0. The molecule has 2 N–H and O–H groups in total. The Morgan fingerprint density at radius 2 is 1.88 bits per heavy atom. The van der Waals surface area contributed by atoms with Crippen LogP contribution in [0.1, 0.15) is 48.9 Å². The molecule has 2 aromatic rings. The molecule has 1 aromatic heterocycles. The molecule has 0 spiro atoms. The summed E-state index contributed by atoms with van der Waals surface area (Å²) < 4.78 is 30.3. The summed E-state index contributed by atoms with van der Waals surface area (Å²) in [6.45, 7) is 7.84. The third-order valence-electron chi connectivity index (χ3n) is 3.58. The van der Waals surface area contributed by atoms with Crippen LogP contribution in [0.2, 0.25) is 0 Å². The first-order chi connectivity index (χ1) is 10.7. The molecule has 134 valence electrons. The van der Waals surface area contributed by atoms with Gasteiger partial charge in [-0.2, -0.15) is 0 Å². The van der Waals surface area contributed by atoms with E-state index in [1.807, 2.05) is 45.9 Å². The van der Waals surface area contributed by atoms with E-state index in [-0.39, 0.29) is 29.3 Å². The molecule has 0 aliphatic carbocycles. The van der Waals surface area contributed by atoms with Gasteiger partial charge in [-0.1, -0.05) is 42.7 Å². The van der Waals surface area contributed by atoms with Gasteiger partial charge >= 0.3 is 5.22 Å². The lowest BCUT2D eigenvalue weighted by molar-refractivity contribution is 0.352. The lowest BCUT2D eigenvalue weighted by Crippen LogP contribution is -2.13. The first kappa shape index (κ1) is 20.6. The van der Waals surface area contributed by atoms with Gasteiger partial charge in [-0.25, -0.2) is 8.42 Å². The summed E-state index contributed by atoms with van der Waals surface area (Å²) in [4.78, 5) is 0. The summed E-state index contributed by atoms with van der Waals surface area (Å²) in [5, 5.41) is 7.11. The van der Waals surface area contributed by atoms with Gasteiger partial charge < -0.3 is 10.2 Å². The van der Waals surface area contributed by atoms with E-state index in [9.17, 15) is 8.42 Å². The van der Waals surface area contributed by atoms with Crippen LogP contribution < -0.4 is 5.73 Å².